The lowest BCUT2D eigenvalue weighted by molar-refractivity contribution is 0.0655. The predicted octanol–water partition coefficient (Wildman–Crippen LogP) is 5.13. The fraction of sp³-hybridized carbons (Fsp3) is 0.391. The Hall–Kier alpha value is -2.40. The van der Waals surface area contributed by atoms with Crippen LogP contribution >= 0.6 is 11.3 Å². The van der Waals surface area contributed by atoms with Gasteiger partial charge in [0.2, 0.25) is 0 Å². The number of para-hydroxylation sites is 1. The molecule has 146 valence electrons. The van der Waals surface area contributed by atoms with E-state index >= 15 is 0 Å². The summed E-state index contributed by atoms with van der Waals surface area (Å²) in [5.41, 5.74) is 2.27. The van der Waals surface area contributed by atoms with Crippen LogP contribution in [0.25, 0.3) is 10.9 Å². The number of piperidine rings is 1. The summed E-state index contributed by atoms with van der Waals surface area (Å²) in [7, 11) is 0. The summed E-state index contributed by atoms with van der Waals surface area (Å²) in [4.78, 5) is 23.2. The number of hydrogen-bond donors (Lipinski definition) is 0. The van der Waals surface area contributed by atoms with Crippen molar-refractivity contribution in [2.24, 2.45) is 0 Å². The minimum absolute atomic E-state index is 0.190. The smallest absolute Gasteiger partial charge is 0.264 e. The van der Waals surface area contributed by atoms with Crippen molar-refractivity contribution < 1.29 is 4.79 Å². The number of fused-ring (bicyclic) bond motifs is 1. The first-order valence-electron chi connectivity index (χ1n) is 10.1. The fourth-order valence-corrected chi connectivity index (χ4v) is 4.83. The van der Waals surface area contributed by atoms with Gasteiger partial charge in [0.05, 0.1) is 10.4 Å². The van der Waals surface area contributed by atoms with Crippen LogP contribution in [0.1, 0.15) is 41.4 Å². The molecular weight excluding hydrogens is 366 g/mol. The van der Waals surface area contributed by atoms with Crippen molar-refractivity contribution in [1.29, 1.82) is 0 Å². The van der Waals surface area contributed by atoms with Crippen molar-refractivity contribution in [2.45, 2.75) is 39.2 Å². The molecule has 1 aliphatic rings. The van der Waals surface area contributed by atoms with E-state index < -0.39 is 0 Å². The highest BCUT2D eigenvalue weighted by atomic mass is 32.1. The van der Waals surface area contributed by atoms with Crippen LogP contribution in [0.4, 0.5) is 5.82 Å². The number of aryl methyl sites for hydroxylation is 1. The molecule has 1 aliphatic heterocycles. The van der Waals surface area contributed by atoms with Gasteiger partial charge in [-0.3, -0.25) is 4.79 Å². The normalized spacial score (nSPS) is 15.1. The van der Waals surface area contributed by atoms with Gasteiger partial charge in [-0.1, -0.05) is 31.2 Å². The first-order valence-corrected chi connectivity index (χ1v) is 11.0. The molecule has 4 rings (SSSR count). The van der Waals surface area contributed by atoms with Crippen LogP contribution in [-0.2, 0) is 0 Å². The van der Waals surface area contributed by atoms with E-state index in [-0.39, 0.29) is 5.91 Å². The molecule has 3 heterocycles. The lowest BCUT2D eigenvalue weighted by Gasteiger charge is -2.39. The number of anilines is 1. The number of thiophene rings is 1. The highest BCUT2D eigenvalue weighted by molar-refractivity contribution is 7.12. The Kier molecular flexibility index (Phi) is 5.62. The molecule has 1 aromatic carbocycles. The zero-order valence-corrected chi connectivity index (χ0v) is 17.4. The standard InChI is InChI=1S/C23H27N3OS/c1-3-12-26(23(27)21-9-6-15-28-21)19-10-13-25(14-11-19)22-17(2)16-18-7-4-5-8-20(18)24-22/h4-9,15-16,19H,3,10-14H2,1-2H3. The van der Waals surface area contributed by atoms with Crippen molar-refractivity contribution >= 4 is 34.0 Å². The molecule has 1 fully saturated rings. The van der Waals surface area contributed by atoms with Crippen molar-refractivity contribution in [3.05, 3.63) is 58.3 Å². The zero-order valence-electron chi connectivity index (χ0n) is 16.6. The number of carbonyl (C=O) groups is 1. The summed E-state index contributed by atoms with van der Waals surface area (Å²) < 4.78 is 0. The highest BCUT2D eigenvalue weighted by Gasteiger charge is 2.29. The molecule has 0 saturated carbocycles. The fourth-order valence-electron chi connectivity index (χ4n) is 4.15. The van der Waals surface area contributed by atoms with Crippen LogP contribution in [-0.4, -0.2) is 41.5 Å². The quantitative estimate of drug-likeness (QED) is 0.603. The van der Waals surface area contributed by atoms with Crippen molar-refractivity contribution in [1.82, 2.24) is 9.88 Å². The Labute approximate surface area is 170 Å². The third-order valence-corrected chi connectivity index (χ3v) is 6.41. The molecule has 2 aromatic heterocycles. The number of amides is 1. The number of benzene rings is 1. The second kappa shape index (κ2) is 8.31. The molecule has 0 aliphatic carbocycles. The van der Waals surface area contributed by atoms with Gasteiger partial charge >= 0.3 is 0 Å². The van der Waals surface area contributed by atoms with Gasteiger partial charge in [0.15, 0.2) is 0 Å². The zero-order chi connectivity index (χ0) is 19.5. The van der Waals surface area contributed by atoms with Crippen LogP contribution in [0.2, 0.25) is 0 Å². The number of carbonyl (C=O) groups excluding carboxylic acids is 1. The van der Waals surface area contributed by atoms with E-state index in [4.69, 9.17) is 4.98 Å². The third kappa shape index (κ3) is 3.76. The first-order chi connectivity index (χ1) is 13.7. The number of pyridine rings is 1. The summed E-state index contributed by atoms with van der Waals surface area (Å²) in [6.45, 7) is 7.00. The Balaban J connectivity index is 1.49. The molecule has 0 radical (unpaired) electrons. The predicted molar refractivity (Wildman–Crippen MR) is 117 cm³/mol. The average molecular weight is 394 g/mol. The first kappa shape index (κ1) is 18.9. The molecule has 0 spiro atoms. The summed E-state index contributed by atoms with van der Waals surface area (Å²) in [6.07, 6.45) is 2.97. The molecule has 0 N–H and O–H groups in total. The highest BCUT2D eigenvalue weighted by Crippen LogP contribution is 2.28. The van der Waals surface area contributed by atoms with E-state index in [1.54, 1.807) is 0 Å². The van der Waals surface area contributed by atoms with Crippen molar-refractivity contribution in [2.75, 3.05) is 24.5 Å². The second-order valence-corrected chi connectivity index (χ2v) is 8.46. The van der Waals surface area contributed by atoms with Crippen LogP contribution in [0.5, 0.6) is 0 Å². The topological polar surface area (TPSA) is 36.4 Å². The minimum Gasteiger partial charge on any atom is -0.356 e. The maximum atomic E-state index is 13.0. The molecule has 4 nitrogen and oxygen atoms in total. The molecule has 0 unspecified atom stereocenters. The summed E-state index contributed by atoms with van der Waals surface area (Å²) in [5, 5.41) is 3.17. The van der Waals surface area contributed by atoms with Gasteiger partial charge in [0, 0.05) is 31.1 Å². The minimum atomic E-state index is 0.190. The molecule has 28 heavy (non-hydrogen) atoms. The van der Waals surface area contributed by atoms with Gasteiger partial charge < -0.3 is 9.80 Å². The Bertz CT molecular complexity index is 946. The third-order valence-electron chi connectivity index (χ3n) is 5.55. The van der Waals surface area contributed by atoms with Gasteiger partial charge in [-0.2, -0.15) is 0 Å². The Morgan fingerprint density at radius 1 is 1.21 bits per heavy atom. The SMILES string of the molecule is CCCN(C(=O)c1cccs1)C1CCN(c2nc3ccccc3cc2C)CC1. The van der Waals surface area contributed by atoms with Gasteiger partial charge in [-0.15, -0.1) is 11.3 Å². The van der Waals surface area contributed by atoms with Crippen LogP contribution in [0, 0.1) is 6.92 Å². The molecule has 1 amide bonds. The van der Waals surface area contributed by atoms with E-state index in [9.17, 15) is 4.79 Å². The van der Waals surface area contributed by atoms with Crippen LogP contribution in [0.15, 0.2) is 47.8 Å². The van der Waals surface area contributed by atoms with Gasteiger partial charge in [-0.05, 0) is 55.3 Å². The van der Waals surface area contributed by atoms with E-state index in [1.165, 1.54) is 22.3 Å². The summed E-state index contributed by atoms with van der Waals surface area (Å²) in [5.74, 6) is 1.28. The van der Waals surface area contributed by atoms with E-state index in [2.05, 4.69) is 47.9 Å². The molecular formula is C23H27N3OS. The number of aromatic nitrogens is 1. The number of nitrogens with zero attached hydrogens (tertiary/aromatic N) is 3. The van der Waals surface area contributed by atoms with Gasteiger partial charge in [0.25, 0.3) is 5.91 Å². The van der Waals surface area contributed by atoms with Gasteiger partial charge in [0.1, 0.15) is 5.82 Å². The number of rotatable bonds is 5. The average Bonchev–Trinajstić information content (AvgIpc) is 3.26. The molecule has 0 atom stereocenters. The van der Waals surface area contributed by atoms with Crippen molar-refractivity contribution in [3.63, 3.8) is 0 Å². The molecule has 0 bridgehead atoms. The van der Waals surface area contributed by atoms with E-state index in [0.717, 1.165) is 55.1 Å². The van der Waals surface area contributed by atoms with Crippen molar-refractivity contribution in [3.8, 4) is 0 Å². The largest absolute Gasteiger partial charge is 0.356 e. The lowest BCUT2D eigenvalue weighted by Crippen LogP contribution is -2.48. The van der Waals surface area contributed by atoms with Gasteiger partial charge in [-0.25, -0.2) is 4.98 Å². The molecule has 3 aromatic rings. The maximum Gasteiger partial charge on any atom is 0.264 e. The number of hydrogen-bond acceptors (Lipinski definition) is 4. The Morgan fingerprint density at radius 2 is 2.00 bits per heavy atom. The molecule has 5 heteroatoms. The summed E-state index contributed by atoms with van der Waals surface area (Å²) in [6, 6.07) is 14.7. The van der Waals surface area contributed by atoms with E-state index in [1.807, 2.05) is 23.6 Å². The van der Waals surface area contributed by atoms with E-state index in [0.29, 0.717) is 6.04 Å². The van der Waals surface area contributed by atoms with Crippen LogP contribution in [0.3, 0.4) is 0 Å². The lowest BCUT2D eigenvalue weighted by atomic mass is 10.0. The monoisotopic (exact) mass is 393 g/mol. The summed E-state index contributed by atoms with van der Waals surface area (Å²) >= 11 is 1.54. The Morgan fingerprint density at radius 3 is 2.71 bits per heavy atom. The second-order valence-electron chi connectivity index (χ2n) is 7.52. The molecule has 1 saturated heterocycles. The van der Waals surface area contributed by atoms with Crippen LogP contribution < -0.4 is 4.90 Å². The maximum absolute atomic E-state index is 13.0.